The zero-order valence-corrected chi connectivity index (χ0v) is 9.84. The van der Waals surface area contributed by atoms with Crippen LogP contribution in [0, 0.1) is 6.92 Å². The van der Waals surface area contributed by atoms with E-state index >= 15 is 0 Å². The van der Waals surface area contributed by atoms with Crippen molar-refractivity contribution in [1.29, 1.82) is 0 Å². The van der Waals surface area contributed by atoms with Crippen LogP contribution < -0.4 is 0 Å². The van der Waals surface area contributed by atoms with Gasteiger partial charge in [0.15, 0.2) is 0 Å². The van der Waals surface area contributed by atoms with Crippen LogP contribution in [0.3, 0.4) is 0 Å². The van der Waals surface area contributed by atoms with Crippen LogP contribution in [0.25, 0.3) is 21.9 Å². The summed E-state index contributed by atoms with van der Waals surface area (Å²) >= 11 is 3.59. The van der Waals surface area contributed by atoms with Gasteiger partial charge in [0.2, 0.25) is 0 Å². The zero-order chi connectivity index (χ0) is 10.4. The molecule has 3 aromatic rings. The number of hydrogen-bond donors (Lipinski definition) is 0. The summed E-state index contributed by atoms with van der Waals surface area (Å²) in [5.41, 5.74) is 3.09. The van der Waals surface area contributed by atoms with Gasteiger partial charge in [-0.25, -0.2) is 0 Å². The Bertz CT molecular complexity index is 652. The number of para-hydroxylation sites is 1. The molecule has 2 heteroatoms. The lowest BCUT2D eigenvalue weighted by atomic mass is 10.1. The Labute approximate surface area is 95.8 Å². The van der Waals surface area contributed by atoms with Gasteiger partial charge in [0.1, 0.15) is 11.2 Å². The molecule has 0 saturated carbocycles. The molecule has 0 radical (unpaired) electrons. The van der Waals surface area contributed by atoms with Gasteiger partial charge in [0.05, 0.1) is 0 Å². The van der Waals surface area contributed by atoms with Crippen molar-refractivity contribution in [3.8, 4) is 0 Å². The van der Waals surface area contributed by atoms with E-state index in [-0.39, 0.29) is 0 Å². The molecule has 0 aliphatic carbocycles. The van der Waals surface area contributed by atoms with Crippen LogP contribution in [0.4, 0.5) is 0 Å². The fourth-order valence-electron chi connectivity index (χ4n) is 1.93. The van der Waals surface area contributed by atoms with E-state index in [0.29, 0.717) is 0 Å². The van der Waals surface area contributed by atoms with Gasteiger partial charge in [-0.15, -0.1) is 0 Å². The van der Waals surface area contributed by atoms with Gasteiger partial charge in [0.25, 0.3) is 0 Å². The lowest BCUT2D eigenvalue weighted by molar-refractivity contribution is 0.668. The predicted octanol–water partition coefficient (Wildman–Crippen LogP) is 4.66. The Morgan fingerprint density at radius 1 is 1.07 bits per heavy atom. The summed E-state index contributed by atoms with van der Waals surface area (Å²) in [5, 5.41) is 2.33. The van der Waals surface area contributed by atoms with Crippen molar-refractivity contribution in [2.75, 3.05) is 0 Å². The largest absolute Gasteiger partial charge is 0.456 e. The maximum atomic E-state index is 5.78. The lowest BCUT2D eigenvalue weighted by Crippen LogP contribution is -1.73. The number of furan rings is 1. The first kappa shape index (κ1) is 8.98. The van der Waals surface area contributed by atoms with E-state index in [9.17, 15) is 0 Å². The summed E-state index contributed by atoms with van der Waals surface area (Å²) in [5.74, 6) is 0. The molecule has 1 heterocycles. The van der Waals surface area contributed by atoms with Crippen LogP contribution in [-0.2, 0) is 0 Å². The minimum Gasteiger partial charge on any atom is -0.456 e. The monoisotopic (exact) mass is 260 g/mol. The Morgan fingerprint density at radius 3 is 2.73 bits per heavy atom. The SMILES string of the molecule is Cc1cc(Br)c2c(c1)oc1ccccc12. The molecule has 0 amide bonds. The first-order valence-electron chi connectivity index (χ1n) is 4.83. The van der Waals surface area contributed by atoms with Crippen molar-refractivity contribution >= 4 is 37.9 Å². The molecule has 0 atom stereocenters. The molecule has 0 N–H and O–H groups in total. The quantitative estimate of drug-likeness (QED) is 0.573. The van der Waals surface area contributed by atoms with E-state index in [0.717, 1.165) is 21.0 Å². The normalized spacial score (nSPS) is 11.3. The third kappa shape index (κ3) is 1.29. The van der Waals surface area contributed by atoms with Crippen molar-refractivity contribution in [2.24, 2.45) is 0 Å². The highest BCUT2D eigenvalue weighted by molar-refractivity contribution is 9.10. The Morgan fingerprint density at radius 2 is 1.87 bits per heavy atom. The Kier molecular flexibility index (Phi) is 1.86. The second-order valence-corrected chi connectivity index (χ2v) is 4.57. The minimum absolute atomic E-state index is 0.943. The second kappa shape index (κ2) is 3.11. The van der Waals surface area contributed by atoms with E-state index in [1.165, 1.54) is 10.9 Å². The first-order valence-corrected chi connectivity index (χ1v) is 5.62. The zero-order valence-electron chi connectivity index (χ0n) is 8.25. The summed E-state index contributed by atoms with van der Waals surface area (Å²) in [6, 6.07) is 12.3. The van der Waals surface area contributed by atoms with Crippen molar-refractivity contribution in [3.05, 3.63) is 46.4 Å². The van der Waals surface area contributed by atoms with Gasteiger partial charge in [-0.2, -0.15) is 0 Å². The average molecular weight is 261 g/mol. The van der Waals surface area contributed by atoms with E-state index in [1.54, 1.807) is 0 Å². The molecule has 0 bridgehead atoms. The molecule has 0 spiro atoms. The molecule has 1 nitrogen and oxygen atoms in total. The summed E-state index contributed by atoms with van der Waals surface area (Å²) < 4.78 is 6.88. The van der Waals surface area contributed by atoms with Gasteiger partial charge in [-0.05, 0) is 30.7 Å². The number of halogens is 1. The number of fused-ring (bicyclic) bond motifs is 3. The summed E-state index contributed by atoms with van der Waals surface area (Å²) in [7, 11) is 0. The fourth-order valence-corrected chi connectivity index (χ4v) is 2.70. The molecule has 1 aromatic heterocycles. The van der Waals surface area contributed by atoms with E-state index in [1.807, 2.05) is 18.2 Å². The topological polar surface area (TPSA) is 13.1 Å². The smallest absolute Gasteiger partial charge is 0.136 e. The van der Waals surface area contributed by atoms with Gasteiger partial charge in [0, 0.05) is 15.2 Å². The molecule has 3 rings (SSSR count). The molecule has 0 fully saturated rings. The third-order valence-corrected chi connectivity index (χ3v) is 3.20. The third-order valence-electron chi connectivity index (χ3n) is 2.57. The number of rotatable bonds is 0. The first-order chi connectivity index (χ1) is 7.25. The van der Waals surface area contributed by atoms with E-state index in [2.05, 4.69) is 41.1 Å². The highest BCUT2D eigenvalue weighted by Crippen LogP contribution is 2.34. The van der Waals surface area contributed by atoms with Crippen LogP contribution >= 0.6 is 15.9 Å². The van der Waals surface area contributed by atoms with Gasteiger partial charge < -0.3 is 4.42 Å². The Hall–Kier alpha value is -1.28. The highest BCUT2D eigenvalue weighted by Gasteiger charge is 2.09. The molecule has 2 aromatic carbocycles. The molecular weight excluding hydrogens is 252 g/mol. The summed E-state index contributed by atoms with van der Waals surface area (Å²) in [6.45, 7) is 2.07. The van der Waals surface area contributed by atoms with Gasteiger partial charge in [-0.1, -0.05) is 34.1 Å². The fraction of sp³-hybridized carbons (Fsp3) is 0.0769. The van der Waals surface area contributed by atoms with Crippen LogP contribution in [0.15, 0.2) is 45.3 Å². The Balaban J connectivity index is 2.61. The maximum absolute atomic E-state index is 5.78. The number of benzene rings is 2. The van der Waals surface area contributed by atoms with Crippen LogP contribution in [-0.4, -0.2) is 0 Å². The van der Waals surface area contributed by atoms with Crippen LogP contribution in [0.2, 0.25) is 0 Å². The van der Waals surface area contributed by atoms with Crippen molar-refractivity contribution < 1.29 is 4.42 Å². The van der Waals surface area contributed by atoms with Gasteiger partial charge >= 0.3 is 0 Å². The average Bonchev–Trinajstić information content (AvgIpc) is 2.54. The number of hydrogen-bond acceptors (Lipinski definition) is 1. The van der Waals surface area contributed by atoms with Crippen molar-refractivity contribution in [3.63, 3.8) is 0 Å². The highest BCUT2D eigenvalue weighted by atomic mass is 79.9. The molecule has 74 valence electrons. The summed E-state index contributed by atoms with van der Waals surface area (Å²) in [6.07, 6.45) is 0. The van der Waals surface area contributed by atoms with Crippen molar-refractivity contribution in [2.45, 2.75) is 6.92 Å². The van der Waals surface area contributed by atoms with Crippen molar-refractivity contribution in [1.82, 2.24) is 0 Å². The molecule has 0 aliphatic heterocycles. The number of aryl methyl sites for hydroxylation is 1. The standard InChI is InChI=1S/C13H9BrO/c1-8-6-10(14)13-9-4-2-3-5-11(9)15-12(13)7-8/h2-7H,1H3. The van der Waals surface area contributed by atoms with E-state index in [4.69, 9.17) is 4.42 Å². The van der Waals surface area contributed by atoms with E-state index < -0.39 is 0 Å². The minimum atomic E-state index is 0.943. The van der Waals surface area contributed by atoms with Crippen LogP contribution in [0.1, 0.15) is 5.56 Å². The molecule has 0 saturated heterocycles. The molecule has 0 unspecified atom stereocenters. The predicted molar refractivity (Wildman–Crippen MR) is 66.2 cm³/mol. The molecule has 0 aliphatic rings. The lowest BCUT2D eigenvalue weighted by Gasteiger charge is -1.96. The molecular formula is C13H9BrO. The maximum Gasteiger partial charge on any atom is 0.136 e. The second-order valence-electron chi connectivity index (χ2n) is 3.72. The molecule has 15 heavy (non-hydrogen) atoms. The van der Waals surface area contributed by atoms with Gasteiger partial charge in [-0.3, -0.25) is 0 Å². The van der Waals surface area contributed by atoms with Crippen LogP contribution in [0.5, 0.6) is 0 Å². The summed E-state index contributed by atoms with van der Waals surface area (Å²) in [4.78, 5) is 0.